The van der Waals surface area contributed by atoms with E-state index < -0.39 is 0 Å². The van der Waals surface area contributed by atoms with Crippen LogP contribution in [0.2, 0.25) is 0 Å². The second-order valence-electron chi connectivity index (χ2n) is 4.14. The molecule has 0 unspecified atom stereocenters. The van der Waals surface area contributed by atoms with Crippen LogP contribution in [-0.4, -0.2) is 22.9 Å². The number of aromatic nitrogens is 2. The number of benzene rings is 1. The number of rotatable bonds is 6. The summed E-state index contributed by atoms with van der Waals surface area (Å²) in [7, 11) is 0. The van der Waals surface area contributed by atoms with Crippen LogP contribution in [0.3, 0.4) is 0 Å². The van der Waals surface area contributed by atoms with Gasteiger partial charge in [0.15, 0.2) is 0 Å². The van der Waals surface area contributed by atoms with Crippen LogP contribution < -0.4 is 16.0 Å². The molecule has 0 aliphatic carbocycles. The van der Waals surface area contributed by atoms with E-state index in [0.717, 1.165) is 12.0 Å². The van der Waals surface area contributed by atoms with Crippen molar-refractivity contribution in [3.63, 3.8) is 0 Å². The first-order chi connectivity index (χ1) is 9.29. The summed E-state index contributed by atoms with van der Waals surface area (Å²) in [5, 5.41) is 4.18. The van der Waals surface area contributed by atoms with Gasteiger partial charge >= 0.3 is 0 Å². The zero-order valence-corrected chi connectivity index (χ0v) is 10.7. The third-order valence-corrected chi connectivity index (χ3v) is 2.62. The molecule has 0 atom stereocenters. The minimum atomic E-state index is -0.143. The Labute approximate surface area is 111 Å². The van der Waals surface area contributed by atoms with Crippen LogP contribution in [0, 0.1) is 0 Å². The molecule has 5 heteroatoms. The molecule has 100 valence electrons. The van der Waals surface area contributed by atoms with E-state index >= 15 is 0 Å². The lowest BCUT2D eigenvalue weighted by Crippen LogP contribution is -2.23. The summed E-state index contributed by atoms with van der Waals surface area (Å²) in [5.74, 6) is 0.448. The highest BCUT2D eigenvalue weighted by Crippen LogP contribution is 2.04. The highest BCUT2D eigenvalue weighted by Gasteiger charge is 2.02. The van der Waals surface area contributed by atoms with Crippen LogP contribution >= 0.6 is 0 Å². The van der Waals surface area contributed by atoms with Gasteiger partial charge in [0, 0.05) is 12.1 Å². The maximum absolute atomic E-state index is 11.7. The molecule has 0 spiro atoms. The van der Waals surface area contributed by atoms with Gasteiger partial charge in [-0.3, -0.25) is 4.79 Å². The highest BCUT2D eigenvalue weighted by atomic mass is 16.5. The molecule has 2 N–H and O–H groups in total. The topological polar surface area (TPSA) is 70.1 Å². The summed E-state index contributed by atoms with van der Waals surface area (Å²) in [5.41, 5.74) is 6.27. The van der Waals surface area contributed by atoms with Crippen LogP contribution in [0.1, 0.15) is 12.0 Å². The van der Waals surface area contributed by atoms with E-state index in [9.17, 15) is 4.79 Å². The molecule has 0 bridgehead atoms. The van der Waals surface area contributed by atoms with Gasteiger partial charge in [-0.25, -0.2) is 4.68 Å². The number of hydrogen-bond acceptors (Lipinski definition) is 4. The Morgan fingerprint density at radius 1 is 1.16 bits per heavy atom. The third kappa shape index (κ3) is 3.93. The van der Waals surface area contributed by atoms with Gasteiger partial charge in [-0.1, -0.05) is 30.3 Å². The first-order valence-corrected chi connectivity index (χ1v) is 6.24. The Bertz CT molecular complexity index is 566. The normalized spacial score (nSPS) is 10.4. The Hall–Kier alpha value is -2.14. The van der Waals surface area contributed by atoms with Gasteiger partial charge in [0.05, 0.1) is 13.2 Å². The van der Waals surface area contributed by atoms with E-state index in [1.165, 1.54) is 10.7 Å². The molecule has 1 aromatic carbocycles. The number of nitrogens with two attached hydrogens (primary N) is 1. The van der Waals surface area contributed by atoms with E-state index in [4.69, 9.17) is 10.5 Å². The van der Waals surface area contributed by atoms with Crippen LogP contribution in [0.15, 0.2) is 47.3 Å². The van der Waals surface area contributed by atoms with Gasteiger partial charge in [-0.15, -0.1) is 5.10 Å². The maximum atomic E-state index is 11.7. The molecule has 0 aliphatic rings. The molecule has 0 aliphatic heterocycles. The molecule has 5 nitrogen and oxygen atoms in total. The number of hydrogen-bond donors (Lipinski definition) is 1. The average Bonchev–Trinajstić information content (AvgIpc) is 2.44. The van der Waals surface area contributed by atoms with Gasteiger partial charge < -0.3 is 10.5 Å². The molecule has 0 amide bonds. The van der Waals surface area contributed by atoms with Crippen molar-refractivity contribution < 1.29 is 4.74 Å². The molecule has 0 saturated carbocycles. The molecular formula is C14H17N3O2. The van der Waals surface area contributed by atoms with Crippen LogP contribution in [0.4, 0.5) is 0 Å². The molecular weight excluding hydrogens is 242 g/mol. The van der Waals surface area contributed by atoms with Crippen molar-refractivity contribution in [1.82, 2.24) is 9.78 Å². The van der Waals surface area contributed by atoms with Crippen LogP contribution in [-0.2, 0) is 6.54 Å². The lowest BCUT2D eigenvalue weighted by molar-refractivity contribution is 0.291. The number of nitrogens with zero attached hydrogens (tertiary/aromatic N) is 2. The van der Waals surface area contributed by atoms with E-state index in [-0.39, 0.29) is 5.56 Å². The largest absolute Gasteiger partial charge is 0.477 e. The summed E-state index contributed by atoms with van der Waals surface area (Å²) in [6, 6.07) is 12.8. The lowest BCUT2D eigenvalue weighted by Gasteiger charge is -2.08. The van der Waals surface area contributed by atoms with Crippen LogP contribution in [0.25, 0.3) is 0 Å². The smallest absolute Gasteiger partial charge is 0.267 e. The molecule has 2 rings (SSSR count). The summed E-state index contributed by atoms with van der Waals surface area (Å²) in [6.45, 7) is 1.52. The fourth-order valence-corrected chi connectivity index (χ4v) is 1.64. The van der Waals surface area contributed by atoms with E-state index in [1.807, 2.05) is 30.3 Å². The van der Waals surface area contributed by atoms with Crippen LogP contribution in [0.5, 0.6) is 5.88 Å². The third-order valence-electron chi connectivity index (χ3n) is 2.62. The van der Waals surface area contributed by atoms with E-state index in [2.05, 4.69) is 5.10 Å². The van der Waals surface area contributed by atoms with Gasteiger partial charge in [-0.2, -0.15) is 0 Å². The van der Waals surface area contributed by atoms with Crippen molar-refractivity contribution in [2.75, 3.05) is 13.2 Å². The minimum absolute atomic E-state index is 0.143. The van der Waals surface area contributed by atoms with Gasteiger partial charge in [0.2, 0.25) is 5.88 Å². The van der Waals surface area contributed by atoms with Gasteiger partial charge in [-0.05, 0) is 18.5 Å². The minimum Gasteiger partial charge on any atom is -0.477 e. The summed E-state index contributed by atoms with van der Waals surface area (Å²) >= 11 is 0. The predicted molar refractivity (Wildman–Crippen MR) is 73.2 cm³/mol. The van der Waals surface area contributed by atoms with Gasteiger partial charge in [0.1, 0.15) is 0 Å². The maximum Gasteiger partial charge on any atom is 0.267 e. The first kappa shape index (κ1) is 13.3. The van der Waals surface area contributed by atoms with Crippen molar-refractivity contribution in [2.24, 2.45) is 5.73 Å². The molecule has 0 fully saturated rings. The Morgan fingerprint density at radius 3 is 2.68 bits per heavy atom. The monoisotopic (exact) mass is 259 g/mol. The molecule has 0 saturated heterocycles. The molecule has 1 aromatic heterocycles. The zero-order chi connectivity index (χ0) is 13.5. The Kier molecular flexibility index (Phi) is 4.69. The summed E-state index contributed by atoms with van der Waals surface area (Å²) in [6.07, 6.45) is 0.763. The summed E-state index contributed by atoms with van der Waals surface area (Å²) < 4.78 is 6.82. The molecule has 2 aromatic rings. The fraction of sp³-hybridized carbons (Fsp3) is 0.286. The van der Waals surface area contributed by atoms with Crippen molar-refractivity contribution >= 4 is 0 Å². The second kappa shape index (κ2) is 6.70. The Balaban J connectivity index is 2.11. The lowest BCUT2D eigenvalue weighted by atomic mass is 10.2. The first-order valence-electron chi connectivity index (χ1n) is 6.24. The summed E-state index contributed by atoms with van der Waals surface area (Å²) in [4.78, 5) is 11.7. The second-order valence-corrected chi connectivity index (χ2v) is 4.14. The quantitative estimate of drug-likeness (QED) is 0.786. The van der Waals surface area contributed by atoms with E-state index in [1.54, 1.807) is 6.07 Å². The van der Waals surface area contributed by atoms with Crippen molar-refractivity contribution in [3.8, 4) is 5.88 Å². The standard InChI is InChI=1S/C14H17N3O2/c15-9-4-10-19-13-7-8-14(18)17(16-13)11-12-5-2-1-3-6-12/h1-3,5-8H,4,9-11,15H2. The van der Waals surface area contributed by atoms with Gasteiger partial charge in [0.25, 0.3) is 5.56 Å². The fourth-order valence-electron chi connectivity index (χ4n) is 1.64. The van der Waals surface area contributed by atoms with Crippen molar-refractivity contribution in [2.45, 2.75) is 13.0 Å². The SMILES string of the molecule is NCCCOc1ccc(=O)n(Cc2ccccc2)n1. The molecule has 0 radical (unpaired) electrons. The number of ether oxygens (including phenoxy) is 1. The molecule has 19 heavy (non-hydrogen) atoms. The van der Waals surface area contributed by atoms with E-state index in [0.29, 0.717) is 25.6 Å². The predicted octanol–water partition coefficient (Wildman–Crippen LogP) is 1.02. The average molecular weight is 259 g/mol. The zero-order valence-electron chi connectivity index (χ0n) is 10.7. The Morgan fingerprint density at radius 2 is 1.95 bits per heavy atom. The van der Waals surface area contributed by atoms with Crippen molar-refractivity contribution in [1.29, 1.82) is 0 Å². The highest BCUT2D eigenvalue weighted by molar-refractivity contribution is 5.15. The molecule has 1 heterocycles. The van der Waals surface area contributed by atoms with Crippen molar-refractivity contribution in [3.05, 3.63) is 58.4 Å².